The maximum atomic E-state index is 10.4. The first-order valence-electron chi connectivity index (χ1n) is 7.92. The van der Waals surface area contributed by atoms with Gasteiger partial charge in [-0.1, -0.05) is 19.3 Å². The summed E-state index contributed by atoms with van der Waals surface area (Å²) < 4.78 is 5.72. The second kappa shape index (κ2) is 6.75. The lowest BCUT2D eigenvalue weighted by Crippen LogP contribution is -2.37. The van der Waals surface area contributed by atoms with Crippen molar-refractivity contribution >= 4 is 0 Å². The molecule has 1 saturated carbocycles. The van der Waals surface area contributed by atoms with E-state index in [0.29, 0.717) is 6.61 Å². The first-order chi connectivity index (χ1) is 9.86. The molecule has 0 saturated heterocycles. The summed E-state index contributed by atoms with van der Waals surface area (Å²) >= 11 is 0. The molecule has 0 bridgehead atoms. The van der Waals surface area contributed by atoms with Crippen LogP contribution in [0.3, 0.4) is 0 Å². The molecule has 4 heteroatoms. The second-order valence-corrected chi connectivity index (χ2v) is 7.16. The van der Waals surface area contributed by atoms with Crippen LogP contribution in [0.2, 0.25) is 0 Å². The Kier molecular flexibility index (Phi) is 5.22. The van der Waals surface area contributed by atoms with Crippen LogP contribution in [0.25, 0.3) is 0 Å². The lowest BCUT2D eigenvalue weighted by molar-refractivity contribution is -0.0339. The molecule has 1 aromatic rings. The Morgan fingerprint density at radius 2 is 1.95 bits per heavy atom. The molecule has 1 aliphatic carbocycles. The lowest BCUT2D eigenvalue weighted by Gasteiger charge is -2.31. The van der Waals surface area contributed by atoms with Gasteiger partial charge >= 0.3 is 0 Å². The van der Waals surface area contributed by atoms with Crippen molar-refractivity contribution < 1.29 is 9.84 Å². The number of aliphatic hydroxyl groups is 1. The molecule has 0 amide bonds. The number of ether oxygens (including phenoxy) is 1. The third kappa shape index (κ3) is 5.64. The van der Waals surface area contributed by atoms with Crippen LogP contribution >= 0.6 is 0 Å². The van der Waals surface area contributed by atoms with Crippen LogP contribution in [0.15, 0.2) is 18.3 Å². The lowest BCUT2D eigenvalue weighted by atomic mass is 9.86. The Bertz CT molecular complexity index is 431. The molecule has 0 unspecified atom stereocenters. The summed E-state index contributed by atoms with van der Waals surface area (Å²) in [5, 5.41) is 13.8. The molecule has 0 aliphatic heterocycles. The van der Waals surface area contributed by atoms with Crippen LogP contribution in [-0.4, -0.2) is 27.8 Å². The maximum Gasteiger partial charge on any atom is 0.137 e. The Labute approximate surface area is 127 Å². The van der Waals surface area contributed by atoms with Gasteiger partial charge in [0.25, 0.3) is 0 Å². The van der Waals surface area contributed by atoms with Crippen LogP contribution < -0.4 is 10.1 Å². The molecular weight excluding hydrogens is 264 g/mol. The third-order valence-corrected chi connectivity index (χ3v) is 3.89. The summed E-state index contributed by atoms with van der Waals surface area (Å²) in [6.07, 6.45) is 6.83. The van der Waals surface area contributed by atoms with Crippen LogP contribution in [-0.2, 0) is 6.54 Å². The predicted octanol–water partition coefficient (Wildman–Crippen LogP) is 3.04. The highest BCUT2D eigenvalue weighted by atomic mass is 16.5. The third-order valence-electron chi connectivity index (χ3n) is 3.89. The number of hydrogen-bond acceptors (Lipinski definition) is 4. The first-order valence-corrected chi connectivity index (χ1v) is 7.92. The first kappa shape index (κ1) is 16.2. The van der Waals surface area contributed by atoms with Gasteiger partial charge in [-0.15, -0.1) is 0 Å². The number of pyridine rings is 1. The normalized spacial score (nSPS) is 18.5. The van der Waals surface area contributed by atoms with Crippen molar-refractivity contribution in [1.82, 2.24) is 10.3 Å². The van der Waals surface area contributed by atoms with Crippen molar-refractivity contribution in [3.63, 3.8) is 0 Å². The summed E-state index contributed by atoms with van der Waals surface area (Å²) in [5.41, 5.74) is 0.430. The SMILES string of the molecule is CC(C)(C)NCc1ccc(OCC2(O)CCCCC2)cn1. The molecule has 0 atom stereocenters. The van der Waals surface area contributed by atoms with E-state index in [-0.39, 0.29) is 5.54 Å². The van der Waals surface area contributed by atoms with Gasteiger partial charge in [0.2, 0.25) is 0 Å². The minimum absolute atomic E-state index is 0.0844. The molecule has 1 aliphatic rings. The molecule has 1 fully saturated rings. The summed E-state index contributed by atoms with van der Waals surface area (Å²) in [6.45, 7) is 7.52. The van der Waals surface area contributed by atoms with E-state index in [4.69, 9.17) is 4.74 Å². The fraction of sp³-hybridized carbons (Fsp3) is 0.706. The molecule has 118 valence electrons. The Morgan fingerprint density at radius 3 is 2.52 bits per heavy atom. The zero-order chi connectivity index (χ0) is 15.3. The highest BCUT2D eigenvalue weighted by molar-refractivity contribution is 5.20. The molecule has 0 radical (unpaired) electrons. The van der Waals surface area contributed by atoms with Gasteiger partial charge in [-0.05, 0) is 45.7 Å². The molecule has 2 rings (SSSR count). The number of rotatable bonds is 5. The molecule has 4 nitrogen and oxygen atoms in total. The van der Waals surface area contributed by atoms with Crippen LogP contribution in [0.4, 0.5) is 0 Å². The van der Waals surface area contributed by atoms with Gasteiger partial charge in [-0.25, -0.2) is 0 Å². The molecule has 2 N–H and O–H groups in total. The summed E-state index contributed by atoms with van der Waals surface area (Å²) in [7, 11) is 0. The van der Waals surface area contributed by atoms with Gasteiger partial charge in [0.1, 0.15) is 12.4 Å². The molecule has 0 aromatic carbocycles. The fourth-order valence-corrected chi connectivity index (χ4v) is 2.53. The zero-order valence-electron chi connectivity index (χ0n) is 13.5. The summed E-state index contributed by atoms with van der Waals surface area (Å²) in [5.74, 6) is 0.730. The van der Waals surface area contributed by atoms with E-state index >= 15 is 0 Å². The van der Waals surface area contributed by atoms with Gasteiger partial charge in [0.15, 0.2) is 0 Å². The number of aromatic nitrogens is 1. The van der Waals surface area contributed by atoms with Gasteiger partial charge in [0.05, 0.1) is 17.5 Å². The molecule has 21 heavy (non-hydrogen) atoms. The topological polar surface area (TPSA) is 54.4 Å². The van der Waals surface area contributed by atoms with E-state index in [1.165, 1.54) is 6.42 Å². The number of hydrogen-bond donors (Lipinski definition) is 2. The average molecular weight is 292 g/mol. The Morgan fingerprint density at radius 1 is 1.24 bits per heavy atom. The van der Waals surface area contributed by atoms with Crippen molar-refractivity contribution in [2.45, 2.75) is 70.6 Å². The minimum atomic E-state index is -0.648. The largest absolute Gasteiger partial charge is 0.489 e. The van der Waals surface area contributed by atoms with E-state index in [1.807, 2.05) is 12.1 Å². The second-order valence-electron chi connectivity index (χ2n) is 7.16. The number of nitrogens with one attached hydrogen (secondary N) is 1. The van der Waals surface area contributed by atoms with Crippen LogP contribution in [0.1, 0.15) is 58.6 Å². The molecule has 1 aromatic heterocycles. The van der Waals surface area contributed by atoms with E-state index < -0.39 is 5.60 Å². The Balaban J connectivity index is 1.82. The fourth-order valence-electron chi connectivity index (χ4n) is 2.53. The molecule has 1 heterocycles. The number of nitrogens with zero attached hydrogens (tertiary/aromatic N) is 1. The van der Waals surface area contributed by atoms with Crippen molar-refractivity contribution in [1.29, 1.82) is 0 Å². The zero-order valence-corrected chi connectivity index (χ0v) is 13.5. The van der Waals surface area contributed by atoms with Gasteiger partial charge in [-0.3, -0.25) is 4.98 Å². The van der Waals surface area contributed by atoms with Gasteiger partial charge in [0, 0.05) is 12.1 Å². The smallest absolute Gasteiger partial charge is 0.137 e. The van der Waals surface area contributed by atoms with E-state index in [1.54, 1.807) is 6.20 Å². The van der Waals surface area contributed by atoms with E-state index in [2.05, 4.69) is 31.1 Å². The quantitative estimate of drug-likeness (QED) is 0.876. The monoisotopic (exact) mass is 292 g/mol. The Hall–Kier alpha value is -1.13. The minimum Gasteiger partial charge on any atom is -0.489 e. The standard InChI is InChI=1S/C17H28N2O2/c1-16(2,3)19-11-14-7-8-15(12-18-14)21-13-17(20)9-5-4-6-10-17/h7-8,12,19-20H,4-6,9-11,13H2,1-3H3. The van der Waals surface area contributed by atoms with Crippen molar-refractivity contribution in [2.75, 3.05) is 6.61 Å². The van der Waals surface area contributed by atoms with E-state index in [0.717, 1.165) is 43.7 Å². The molecular formula is C17H28N2O2. The molecule has 0 spiro atoms. The van der Waals surface area contributed by atoms with Gasteiger partial charge < -0.3 is 15.2 Å². The van der Waals surface area contributed by atoms with Crippen LogP contribution in [0.5, 0.6) is 5.75 Å². The van der Waals surface area contributed by atoms with E-state index in [9.17, 15) is 5.11 Å². The predicted molar refractivity (Wildman–Crippen MR) is 84.4 cm³/mol. The van der Waals surface area contributed by atoms with Crippen molar-refractivity contribution in [3.8, 4) is 5.75 Å². The summed E-state index contributed by atoms with van der Waals surface area (Å²) in [6, 6.07) is 3.90. The maximum absolute atomic E-state index is 10.4. The summed E-state index contributed by atoms with van der Waals surface area (Å²) in [4.78, 5) is 4.40. The van der Waals surface area contributed by atoms with Crippen molar-refractivity contribution in [2.24, 2.45) is 0 Å². The van der Waals surface area contributed by atoms with Crippen molar-refractivity contribution in [3.05, 3.63) is 24.0 Å². The van der Waals surface area contributed by atoms with Crippen LogP contribution in [0, 0.1) is 0 Å². The highest BCUT2D eigenvalue weighted by Crippen LogP contribution is 2.28. The average Bonchev–Trinajstić information content (AvgIpc) is 2.44. The van der Waals surface area contributed by atoms with Gasteiger partial charge in [-0.2, -0.15) is 0 Å². The highest BCUT2D eigenvalue weighted by Gasteiger charge is 2.29.